The summed E-state index contributed by atoms with van der Waals surface area (Å²) in [5.74, 6) is 0.746. The van der Waals surface area contributed by atoms with E-state index in [0.717, 1.165) is 5.75 Å². The molecule has 0 aliphatic carbocycles. The smallest absolute Gasteiger partial charge is 0.151 e. The third-order valence-corrected chi connectivity index (χ3v) is 3.22. The molecule has 2 aromatic carbocycles. The van der Waals surface area contributed by atoms with Gasteiger partial charge < -0.3 is 5.73 Å². The SMILES string of the molecule is N=C(N)SCc1cccc(-c2ccccc2)c1. The molecule has 0 aliphatic rings. The van der Waals surface area contributed by atoms with Gasteiger partial charge in [-0.15, -0.1) is 0 Å². The van der Waals surface area contributed by atoms with Gasteiger partial charge in [0, 0.05) is 5.75 Å². The molecular formula is C14H14N2S. The van der Waals surface area contributed by atoms with Crippen LogP contribution in [-0.4, -0.2) is 5.17 Å². The molecule has 0 heterocycles. The van der Waals surface area contributed by atoms with E-state index in [1.165, 1.54) is 28.5 Å². The second kappa shape index (κ2) is 5.55. The normalized spacial score (nSPS) is 10.1. The van der Waals surface area contributed by atoms with Gasteiger partial charge in [-0.1, -0.05) is 66.4 Å². The zero-order valence-electron chi connectivity index (χ0n) is 9.39. The first-order valence-electron chi connectivity index (χ1n) is 5.37. The number of nitrogens with two attached hydrogens (primary N) is 1. The Balaban J connectivity index is 2.20. The number of rotatable bonds is 3. The van der Waals surface area contributed by atoms with Crippen molar-refractivity contribution in [3.05, 3.63) is 60.2 Å². The van der Waals surface area contributed by atoms with E-state index >= 15 is 0 Å². The van der Waals surface area contributed by atoms with E-state index in [0.29, 0.717) is 0 Å². The fraction of sp³-hybridized carbons (Fsp3) is 0.0714. The fourth-order valence-electron chi connectivity index (χ4n) is 1.63. The van der Waals surface area contributed by atoms with Crippen LogP contribution < -0.4 is 5.73 Å². The van der Waals surface area contributed by atoms with Crippen molar-refractivity contribution in [1.29, 1.82) is 5.41 Å². The molecule has 3 N–H and O–H groups in total. The summed E-state index contributed by atoms with van der Waals surface area (Å²) in [7, 11) is 0. The summed E-state index contributed by atoms with van der Waals surface area (Å²) in [5, 5.41) is 7.36. The van der Waals surface area contributed by atoms with Crippen LogP contribution in [0.3, 0.4) is 0 Å². The lowest BCUT2D eigenvalue weighted by atomic mass is 10.0. The average Bonchev–Trinajstić information content (AvgIpc) is 2.38. The topological polar surface area (TPSA) is 49.9 Å². The van der Waals surface area contributed by atoms with E-state index in [9.17, 15) is 0 Å². The highest BCUT2D eigenvalue weighted by Gasteiger charge is 1.99. The molecule has 0 atom stereocenters. The van der Waals surface area contributed by atoms with E-state index in [4.69, 9.17) is 11.1 Å². The first kappa shape index (κ1) is 11.7. The average molecular weight is 242 g/mol. The summed E-state index contributed by atoms with van der Waals surface area (Å²) in [6, 6.07) is 18.6. The van der Waals surface area contributed by atoms with Crippen molar-refractivity contribution >= 4 is 16.9 Å². The molecule has 0 fully saturated rings. The molecule has 0 saturated heterocycles. The fourth-order valence-corrected chi connectivity index (χ4v) is 2.13. The van der Waals surface area contributed by atoms with Crippen LogP contribution in [-0.2, 0) is 5.75 Å². The molecule has 2 aromatic rings. The predicted molar refractivity (Wildman–Crippen MR) is 75.1 cm³/mol. The van der Waals surface area contributed by atoms with E-state index in [-0.39, 0.29) is 5.17 Å². The van der Waals surface area contributed by atoms with Gasteiger partial charge in [-0.2, -0.15) is 0 Å². The first-order chi connectivity index (χ1) is 8.25. The molecule has 0 amide bonds. The van der Waals surface area contributed by atoms with Gasteiger partial charge in [-0.05, 0) is 16.7 Å². The molecule has 86 valence electrons. The Morgan fingerprint density at radius 2 is 1.71 bits per heavy atom. The van der Waals surface area contributed by atoms with Crippen molar-refractivity contribution in [3.8, 4) is 11.1 Å². The number of thioether (sulfide) groups is 1. The Morgan fingerprint density at radius 3 is 2.41 bits per heavy atom. The summed E-state index contributed by atoms with van der Waals surface area (Å²) in [4.78, 5) is 0. The van der Waals surface area contributed by atoms with Crippen molar-refractivity contribution in [2.75, 3.05) is 0 Å². The molecule has 2 nitrogen and oxygen atoms in total. The van der Waals surface area contributed by atoms with E-state index in [1.807, 2.05) is 24.3 Å². The van der Waals surface area contributed by atoms with E-state index < -0.39 is 0 Å². The molecule has 0 spiro atoms. The minimum Gasteiger partial charge on any atom is -0.379 e. The van der Waals surface area contributed by atoms with Gasteiger partial charge >= 0.3 is 0 Å². The predicted octanol–water partition coefficient (Wildman–Crippen LogP) is 3.48. The third-order valence-electron chi connectivity index (χ3n) is 2.43. The number of benzene rings is 2. The summed E-state index contributed by atoms with van der Waals surface area (Å²) in [5.41, 5.74) is 8.93. The molecule has 3 heteroatoms. The van der Waals surface area contributed by atoms with Crippen LogP contribution >= 0.6 is 11.8 Å². The molecule has 0 bridgehead atoms. The maximum absolute atomic E-state index is 7.20. The van der Waals surface area contributed by atoms with Crippen LogP contribution in [0.5, 0.6) is 0 Å². The summed E-state index contributed by atoms with van der Waals surface area (Å²) in [6.07, 6.45) is 0. The molecule has 0 aromatic heterocycles. The molecular weight excluding hydrogens is 228 g/mol. The summed E-state index contributed by atoms with van der Waals surface area (Å²) < 4.78 is 0. The second-order valence-electron chi connectivity index (χ2n) is 3.72. The maximum Gasteiger partial charge on any atom is 0.151 e. The van der Waals surface area contributed by atoms with E-state index in [1.54, 1.807) is 0 Å². The van der Waals surface area contributed by atoms with Crippen LogP contribution in [0, 0.1) is 5.41 Å². The number of nitrogens with one attached hydrogen (secondary N) is 1. The lowest BCUT2D eigenvalue weighted by Crippen LogP contribution is -2.03. The quantitative estimate of drug-likeness (QED) is 0.639. The van der Waals surface area contributed by atoms with Crippen molar-refractivity contribution in [2.45, 2.75) is 5.75 Å². The van der Waals surface area contributed by atoms with Crippen molar-refractivity contribution in [2.24, 2.45) is 5.73 Å². The molecule has 17 heavy (non-hydrogen) atoms. The van der Waals surface area contributed by atoms with Crippen molar-refractivity contribution < 1.29 is 0 Å². The standard InChI is InChI=1S/C14H14N2S/c15-14(16)17-10-11-5-4-8-13(9-11)12-6-2-1-3-7-12/h1-9H,10H2,(H3,15,16). The van der Waals surface area contributed by atoms with Gasteiger partial charge in [-0.3, -0.25) is 5.41 Å². The van der Waals surface area contributed by atoms with Crippen LogP contribution in [0.25, 0.3) is 11.1 Å². The van der Waals surface area contributed by atoms with Crippen LogP contribution in [0.2, 0.25) is 0 Å². The number of amidine groups is 1. The van der Waals surface area contributed by atoms with Crippen molar-refractivity contribution in [1.82, 2.24) is 0 Å². The lowest BCUT2D eigenvalue weighted by Gasteiger charge is -2.05. The Kier molecular flexibility index (Phi) is 3.83. The highest BCUT2D eigenvalue weighted by molar-refractivity contribution is 8.13. The Labute approximate surface area is 105 Å². The minimum atomic E-state index is 0.162. The Bertz CT molecular complexity index is 509. The first-order valence-corrected chi connectivity index (χ1v) is 6.35. The van der Waals surface area contributed by atoms with Gasteiger partial charge in [0.05, 0.1) is 0 Å². The van der Waals surface area contributed by atoms with Gasteiger partial charge in [0.15, 0.2) is 5.17 Å². The zero-order valence-corrected chi connectivity index (χ0v) is 10.2. The highest BCUT2D eigenvalue weighted by Crippen LogP contribution is 2.21. The van der Waals surface area contributed by atoms with Crippen LogP contribution in [0.15, 0.2) is 54.6 Å². The molecule has 0 saturated carbocycles. The molecule has 0 radical (unpaired) electrons. The second-order valence-corrected chi connectivity index (χ2v) is 4.74. The lowest BCUT2D eigenvalue weighted by molar-refractivity contribution is 1.41. The number of hydrogen-bond acceptors (Lipinski definition) is 2. The van der Waals surface area contributed by atoms with E-state index in [2.05, 4.69) is 30.3 Å². The molecule has 0 aliphatic heterocycles. The van der Waals surface area contributed by atoms with Gasteiger partial charge in [0.2, 0.25) is 0 Å². The highest BCUT2D eigenvalue weighted by atomic mass is 32.2. The molecule has 0 unspecified atom stereocenters. The third kappa shape index (κ3) is 3.36. The summed E-state index contributed by atoms with van der Waals surface area (Å²) >= 11 is 1.35. The van der Waals surface area contributed by atoms with Crippen molar-refractivity contribution in [3.63, 3.8) is 0 Å². The van der Waals surface area contributed by atoms with Gasteiger partial charge in [0.1, 0.15) is 0 Å². The number of hydrogen-bond donors (Lipinski definition) is 2. The maximum atomic E-state index is 7.20. The Hall–Kier alpha value is -1.74. The zero-order chi connectivity index (χ0) is 12.1. The van der Waals surface area contributed by atoms with Gasteiger partial charge in [0.25, 0.3) is 0 Å². The van der Waals surface area contributed by atoms with Crippen LogP contribution in [0.1, 0.15) is 5.56 Å². The minimum absolute atomic E-state index is 0.162. The van der Waals surface area contributed by atoms with Gasteiger partial charge in [-0.25, -0.2) is 0 Å². The summed E-state index contributed by atoms with van der Waals surface area (Å²) in [6.45, 7) is 0. The Morgan fingerprint density at radius 1 is 1.00 bits per heavy atom. The largest absolute Gasteiger partial charge is 0.379 e. The molecule has 2 rings (SSSR count). The monoisotopic (exact) mass is 242 g/mol. The van der Waals surface area contributed by atoms with Crippen LogP contribution in [0.4, 0.5) is 0 Å².